The first kappa shape index (κ1) is 72.1. The molecule has 0 unspecified atom stereocenters. The van der Waals surface area contributed by atoms with Gasteiger partial charge in [-0.1, -0.05) is 139 Å². The summed E-state index contributed by atoms with van der Waals surface area (Å²) in [6, 6.07) is 10.2. The summed E-state index contributed by atoms with van der Waals surface area (Å²) in [5, 5.41) is 2.86. The number of nitrogens with zero attached hydrogens (tertiary/aromatic N) is 2. The van der Waals surface area contributed by atoms with E-state index < -0.39 is 0 Å². The van der Waals surface area contributed by atoms with E-state index in [4.69, 9.17) is 0 Å². The molecular formula is C75H132N2Ni. The molecule has 1 aliphatic rings. The number of rotatable bonds is 51. The van der Waals surface area contributed by atoms with Gasteiger partial charge in [-0.3, -0.25) is 0 Å². The zero-order valence-electron chi connectivity index (χ0n) is 54.2. The first-order valence-corrected chi connectivity index (χ1v) is 36.5. The van der Waals surface area contributed by atoms with Gasteiger partial charge in [-0.25, -0.2) is 4.70 Å². The Balaban J connectivity index is 0.000000758. The van der Waals surface area contributed by atoms with Crippen LogP contribution in [-0.2, 0) is 53.0 Å². The SMILES string of the molecule is CCCCCCCC1=C(c2cc(CCCC)c(CCCC)c(CCCC)c2)[N+](=[N-])C(c2cc(CCCC)c(CCCC)c(CCCC)c2)=C1CCCCCC.CCCCCCCCCC[CH2][Ni][CH2]CCCCCCCCCC. The van der Waals surface area contributed by atoms with E-state index in [0.717, 1.165) is 49.9 Å². The maximum absolute atomic E-state index is 12.9. The van der Waals surface area contributed by atoms with Gasteiger partial charge in [0.05, 0.1) is 0 Å². The molecule has 0 fully saturated rings. The van der Waals surface area contributed by atoms with Crippen molar-refractivity contribution in [1.82, 2.24) is 0 Å². The minimum atomic E-state index is 1.05. The molecule has 0 saturated carbocycles. The Hall–Kier alpha value is -1.99. The van der Waals surface area contributed by atoms with Crippen molar-refractivity contribution in [1.29, 1.82) is 0 Å². The molecule has 2 aromatic rings. The summed E-state index contributed by atoms with van der Waals surface area (Å²) in [6.07, 6.45) is 61.3. The Morgan fingerprint density at radius 3 is 0.782 bits per heavy atom. The summed E-state index contributed by atoms with van der Waals surface area (Å²) in [6.45, 7) is 23.2. The van der Waals surface area contributed by atoms with Gasteiger partial charge in [0.15, 0.2) is 0 Å². The van der Waals surface area contributed by atoms with E-state index in [1.54, 1.807) is 38.1 Å². The van der Waals surface area contributed by atoms with Crippen LogP contribution in [0.4, 0.5) is 0 Å². The minimum absolute atomic E-state index is 1.05. The van der Waals surface area contributed by atoms with Gasteiger partial charge in [0.1, 0.15) is 0 Å². The van der Waals surface area contributed by atoms with Crippen LogP contribution in [-0.4, -0.2) is 4.70 Å². The number of aryl methyl sites for hydroxylation is 4. The van der Waals surface area contributed by atoms with Gasteiger partial charge < -0.3 is 5.53 Å². The summed E-state index contributed by atoms with van der Waals surface area (Å²) >= 11 is 2.03. The molecule has 0 saturated heterocycles. The number of hydrogen-bond acceptors (Lipinski definition) is 0. The first-order valence-electron chi connectivity index (χ1n) is 35.1. The molecule has 0 atom stereocenters. The fourth-order valence-electron chi connectivity index (χ4n) is 12.0. The van der Waals surface area contributed by atoms with Crippen molar-refractivity contribution < 1.29 is 19.1 Å². The topological polar surface area (TPSA) is 25.3 Å². The molecule has 2 aromatic carbocycles. The number of benzene rings is 2. The molecule has 0 aliphatic carbocycles. The molecule has 452 valence electrons. The molecule has 3 heteroatoms. The van der Waals surface area contributed by atoms with Crippen LogP contribution in [0, 0.1) is 0 Å². The van der Waals surface area contributed by atoms with Crippen molar-refractivity contribution in [3.05, 3.63) is 85.5 Å². The van der Waals surface area contributed by atoms with Crippen molar-refractivity contribution in [2.75, 3.05) is 0 Å². The first-order chi connectivity index (χ1) is 38.3. The van der Waals surface area contributed by atoms with Crippen molar-refractivity contribution in [3.63, 3.8) is 0 Å². The van der Waals surface area contributed by atoms with Crippen molar-refractivity contribution in [2.45, 2.75) is 382 Å². The molecule has 1 aliphatic heterocycles. The molecule has 1 heterocycles. The van der Waals surface area contributed by atoms with E-state index in [0.29, 0.717) is 0 Å². The molecule has 0 N–H and O–H groups in total. The average molecular weight is 1120 g/mol. The second-order valence-electron chi connectivity index (χ2n) is 24.2. The van der Waals surface area contributed by atoms with E-state index in [1.807, 2.05) is 14.4 Å². The van der Waals surface area contributed by atoms with Crippen molar-refractivity contribution in [2.24, 2.45) is 0 Å². The second kappa shape index (κ2) is 49.6. The van der Waals surface area contributed by atoms with E-state index in [1.165, 1.54) is 296 Å². The standard InChI is InChI=1S/C53H86N2.2C11H23.Ni/c1-9-17-25-27-29-37-51-50(36-28-26-18-10-2)52(46-38-42(30-19-11-3)48(34-23-15-7)43(39-46)31-20-12-4)55(54)53(51)47-40-44(32-21-13-5)49(35-24-16-8)45(41-47)33-22-14-6;2*1-3-5-7-9-11-10-8-6-4-2;/h38-41H,9-37H2,1-8H3;2*1,3-11H2,2H3;. The van der Waals surface area contributed by atoms with Gasteiger partial charge in [-0.05, 0) is 160 Å². The molecular weight excluding hydrogens is 988 g/mol. The van der Waals surface area contributed by atoms with E-state index >= 15 is 0 Å². The Kier molecular flexibility index (Phi) is 45.9. The van der Waals surface area contributed by atoms with Crippen LogP contribution >= 0.6 is 0 Å². The quantitative estimate of drug-likeness (QED) is 0.0358. The van der Waals surface area contributed by atoms with Gasteiger partial charge in [-0.2, -0.15) is 0 Å². The van der Waals surface area contributed by atoms with Gasteiger partial charge in [0.2, 0.25) is 11.4 Å². The fourth-order valence-corrected chi connectivity index (χ4v) is 13.2. The number of hydrogen-bond donors (Lipinski definition) is 0. The van der Waals surface area contributed by atoms with Crippen LogP contribution in [0.5, 0.6) is 0 Å². The Bertz CT molecular complexity index is 1770. The molecule has 0 bridgehead atoms. The van der Waals surface area contributed by atoms with Gasteiger partial charge in [0.25, 0.3) is 0 Å². The van der Waals surface area contributed by atoms with E-state index in [2.05, 4.69) is 93.5 Å². The molecule has 0 amide bonds. The molecule has 3 rings (SSSR count). The molecule has 2 nitrogen and oxygen atoms in total. The Labute approximate surface area is 494 Å². The molecule has 0 aromatic heterocycles. The van der Waals surface area contributed by atoms with Crippen LogP contribution < -0.4 is 0 Å². The zero-order chi connectivity index (χ0) is 56.7. The predicted octanol–water partition coefficient (Wildman–Crippen LogP) is 26.2. The van der Waals surface area contributed by atoms with Gasteiger partial charge in [0, 0.05) is 22.3 Å². The summed E-state index contributed by atoms with van der Waals surface area (Å²) < 4.78 is 1.74. The summed E-state index contributed by atoms with van der Waals surface area (Å²) in [4.78, 5) is 0. The predicted molar refractivity (Wildman–Crippen MR) is 348 cm³/mol. The third-order valence-corrected chi connectivity index (χ3v) is 18.4. The second-order valence-corrected chi connectivity index (χ2v) is 25.7. The monoisotopic (exact) mass is 1120 g/mol. The normalized spacial score (nSPS) is 12.7. The third-order valence-electron chi connectivity index (χ3n) is 17.0. The molecule has 0 radical (unpaired) electrons. The van der Waals surface area contributed by atoms with Crippen LogP contribution in [0.2, 0.25) is 10.8 Å². The van der Waals surface area contributed by atoms with Crippen LogP contribution in [0.25, 0.3) is 16.9 Å². The van der Waals surface area contributed by atoms with Gasteiger partial charge >= 0.3 is 155 Å². The summed E-state index contributed by atoms with van der Waals surface area (Å²) in [5.74, 6) is 0. The number of allylic oxidation sites excluding steroid dienone is 2. The Morgan fingerprint density at radius 2 is 0.500 bits per heavy atom. The Morgan fingerprint density at radius 1 is 0.269 bits per heavy atom. The van der Waals surface area contributed by atoms with Gasteiger partial charge in [-0.15, -0.1) is 0 Å². The van der Waals surface area contributed by atoms with E-state index in [-0.39, 0.29) is 0 Å². The maximum atomic E-state index is 12.9. The van der Waals surface area contributed by atoms with Crippen molar-refractivity contribution in [3.8, 4) is 0 Å². The van der Waals surface area contributed by atoms with Crippen LogP contribution in [0.1, 0.15) is 377 Å². The fraction of sp³-hybridized carbons (Fsp3) is 0.787. The summed E-state index contributed by atoms with van der Waals surface area (Å²) in [5.41, 5.74) is 30.0. The van der Waals surface area contributed by atoms with E-state index in [9.17, 15) is 5.53 Å². The van der Waals surface area contributed by atoms with Crippen molar-refractivity contribution >= 4 is 11.4 Å². The number of unbranched alkanes of at least 4 members (excludes halogenated alkanes) is 29. The molecule has 0 spiro atoms. The molecule has 78 heavy (non-hydrogen) atoms. The average Bonchev–Trinajstić information content (AvgIpc) is 3.80. The third kappa shape index (κ3) is 29.8. The zero-order valence-corrected chi connectivity index (χ0v) is 55.2. The van der Waals surface area contributed by atoms with Crippen LogP contribution in [0.15, 0.2) is 35.4 Å². The van der Waals surface area contributed by atoms with Crippen LogP contribution in [0.3, 0.4) is 0 Å². The summed E-state index contributed by atoms with van der Waals surface area (Å²) in [7, 11) is 0.